The highest BCUT2D eigenvalue weighted by Crippen LogP contribution is 2.42. The lowest BCUT2D eigenvalue weighted by Crippen LogP contribution is -2.32. The van der Waals surface area contributed by atoms with E-state index >= 15 is 0 Å². The molecular weight excluding hydrogens is 564 g/mol. The summed E-state index contributed by atoms with van der Waals surface area (Å²) < 4.78 is 17.6. The molecule has 0 saturated carbocycles. The van der Waals surface area contributed by atoms with Crippen LogP contribution in [0.2, 0.25) is 0 Å². The second-order valence-electron chi connectivity index (χ2n) is 12.4. The van der Waals surface area contributed by atoms with Crippen LogP contribution in [0.4, 0.5) is 0 Å². The van der Waals surface area contributed by atoms with Crippen molar-refractivity contribution in [3.63, 3.8) is 0 Å². The zero-order chi connectivity index (χ0) is 31.5. The van der Waals surface area contributed by atoms with Gasteiger partial charge in [0.25, 0.3) is 0 Å². The van der Waals surface area contributed by atoms with E-state index in [0.717, 1.165) is 68.9 Å². The number of fused-ring (bicyclic) bond motifs is 2. The molecule has 0 radical (unpaired) electrons. The van der Waals surface area contributed by atoms with E-state index in [1.807, 2.05) is 36.4 Å². The first-order chi connectivity index (χ1) is 21.8. The Hall–Kier alpha value is -4.20. The Balaban J connectivity index is 1.15. The van der Waals surface area contributed by atoms with Crippen LogP contribution in [0, 0.1) is 0 Å². The number of phenolic OH excluding ortho intramolecular Hbond substituents is 2. The molecular formula is C38H44N2O5. The van der Waals surface area contributed by atoms with Gasteiger partial charge in [0.2, 0.25) is 0 Å². The van der Waals surface area contributed by atoms with Gasteiger partial charge in [-0.15, -0.1) is 0 Å². The third kappa shape index (κ3) is 6.75. The molecule has 236 valence electrons. The fourth-order valence-electron chi connectivity index (χ4n) is 6.95. The van der Waals surface area contributed by atoms with E-state index < -0.39 is 0 Å². The molecule has 45 heavy (non-hydrogen) atoms. The molecule has 0 aliphatic carbocycles. The Morgan fingerprint density at radius 1 is 0.644 bits per heavy atom. The third-order valence-electron chi connectivity index (χ3n) is 9.62. The molecule has 0 unspecified atom stereocenters. The summed E-state index contributed by atoms with van der Waals surface area (Å²) in [6, 6.07) is 24.6. The quantitative estimate of drug-likeness (QED) is 0.197. The number of hydrogen-bond donors (Lipinski definition) is 2. The predicted molar refractivity (Wildman–Crippen MR) is 177 cm³/mol. The van der Waals surface area contributed by atoms with E-state index in [9.17, 15) is 10.2 Å². The fraction of sp³-hybridized carbons (Fsp3) is 0.368. The van der Waals surface area contributed by atoms with Crippen molar-refractivity contribution in [2.24, 2.45) is 0 Å². The van der Waals surface area contributed by atoms with Crippen molar-refractivity contribution in [1.29, 1.82) is 0 Å². The first-order valence-corrected chi connectivity index (χ1v) is 15.9. The van der Waals surface area contributed by atoms with Gasteiger partial charge in [-0.1, -0.05) is 24.3 Å². The van der Waals surface area contributed by atoms with Crippen molar-refractivity contribution in [3.8, 4) is 34.5 Å². The average Bonchev–Trinajstić information content (AvgIpc) is 3.05. The van der Waals surface area contributed by atoms with E-state index in [-0.39, 0.29) is 17.8 Å². The number of methoxy groups -OCH3 is 2. The van der Waals surface area contributed by atoms with Crippen molar-refractivity contribution in [1.82, 2.24) is 9.80 Å². The van der Waals surface area contributed by atoms with Gasteiger partial charge in [-0.25, -0.2) is 0 Å². The van der Waals surface area contributed by atoms with E-state index in [4.69, 9.17) is 14.2 Å². The number of ether oxygens (including phenoxy) is 3. The number of hydrogen-bond acceptors (Lipinski definition) is 7. The van der Waals surface area contributed by atoms with Gasteiger partial charge in [-0.3, -0.25) is 9.80 Å². The molecule has 2 atom stereocenters. The van der Waals surface area contributed by atoms with Crippen LogP contribution in [0.25, 0.3) is 0 Å². The summed E-state index contributed by atoms with van der Waals surface area (Å²) in [5.41, 5.74) is 7.50. The predicted octanol–water partition coefficient (Wildman–Crippen LogP) is 7.23. The highest BCUT2D eigenvalue weighted by molar-refractivity contribution is 5.52. The van der Waals surface area contributed by atoms with Crippen molar-refractivity contribution in [3.05, 3.63) is 106 Å². The van der Waals surface area contributed by atoms with E-state index in [1.54, 1.807) is 26.4 Å². The summed E-state index contributed by atoms with van der Waals surface area (Å²) in [5, 5.41) is 20.1. The normalized spacial score (nSPS) is 18.2. The Labute approximate surface area is 266 Å². The van der Waals surface area contributed by atoms with Gasteiger partial charge in [0, 0.05) is 25.2 Å². The number of benzene rings is 4. The molecule has 0 fully saturated rings. The molecule has 6 rings (SSSR count). The Morgan fingerprint density at radius 3 is 1.71 bits per heavy atom. The van der Waals surface area contributed by atoms with Crippen LogP contribution in [0.15, 0.2) is 72.8 Å². The molecule has 2 aliphatic rings. The number of aromatic hydroxyl groups is 2. The molecule has 4 aromatic rings. The van der Waals surface area contributed by atoms with Crippen LogP contribution in [-0.4, -0.2) is 61.4 Å². The van der Waals surface area contributed by atoms with Crippen molar-refractivity contribution in [2.45, 2.75) is 50.6 Å². The van der Waals surface area contributed by atoms with Crippen LogP contribution < -0.4 is 14.2 Å². The number of aryl methyl sites for hydroxylation is 2. The van der Waals surface area contributed by atoms with Gasteiger partial charge in [-0.05, 0) is 135 Å². The highest BCUT2D eigenvalue weighted by atomic mass is 16.5. The lowest BCUT2D eigenvalue weighted by molar-refractivity contribution is 0.218. The van der Waals surface area contributed by atoms with Crippen LogP contribution >= 0.6 is 0 Å². The second kappa shape index (κ2) is 13.4. The maximum Gasteiger partial charge on any atom is 0.169 e. The standard InChI is InChI=1S/C38H44N2O5/c1-39-19-17-27-21-36(43-3)35(42)23-31(27)33(39)15-10-26-7-13-30(14-8-26)45-38-24-32-28(22-37(38)44-4)18-20-40(2)34(32)16-9-25-5-11-29(41)12-6-25/h5-8,11-14,21-24,33-34,41-42H,9-10,15-20H2,1-4H3/t33-,34+/m0/s1. The topological polar surface area (TPSA) is 74.6 Å². The number of rotatable bonds is 10. The first-order valence-electron chi connectivity index (χ1n) is 15.9. The molecule has 2 N–H and O–H groups in total. The van der Waals surface area contributed by atoms with Gasteiger partial charge >= 0.3 is 0 Å². The molecule has 0 spiro atoms. The summed E-state index contributed by atoms with van der Waals surface area (Å²) in [6.45, 7) is 1.98. The minimum Gasteiger partial charge on any atom is -0.508 e. The van der Waals surface area contributed by atoms with E-state index in [1.165, 1.54) is 33.4 Å². The third-order valence-corrected chi connectivity index (χ3v) is 9.62. The highest BCUT2D eigenvalue weighted by Gasteiger charge is 2.28. The van der Waals surface area contributed by atoms with Crippen LogP contribution in [0.1, 0.15) is 58.3 Å². The van der Waals surface area contributed by atoms with Gasteiger partial charge in [0.15, 0.2) is 23.0 Å². The van der Waals surface area contributed by atoms with Gasteiger partial charge in [0.1, 0.15) is 11.5 Å². The minimum absolute atomic E-state index is 0.200. The van der Waals surface area contributed by atoms with E-state index in [2.05, 4.69) is 48.2 Å². The summed E-state index contributed by atoms with van der Waals surface area (Å²) in [7, 11) is 7.65. The fourth-order valence-corrected chi connectivity index (χ4v) is 6.95. The minimum atomic E-state index is 0.200. The number of nitrogens with zero attached hydrogens (tertiary/aromatic N) is 2. The summed E-state index contributed by atoms with van der Waals surface area (Å²) in [6.07, 6.45) is 5.69. The summed E-state index contributed by atoms with van der Waals surface area (Å²) in [5.74, 6) is 3.29. The molecule has 0 bridgehead atoms. The molecule has 7 nitrogen and oxygen atoms in total. The Kier molecular flexibility index (Phi) is 9.19. The smallest absolute Gasteiger partial charge is 0.169 e. The van der Waals surface area contributed by atoms with Crippen molar-refractivity contribution < 1.29 is 24.4 Å². The van der Waals surface area contributed by atoms with Crippen molar-refractivity contribution >= 4 is 0 Å². The maximum absolute atomic E-state index is 10.4. The summed E-state index contributed by atoms with van der Waals surface area (Å²) >= 11 is 0. The summed E-state index contributed by atoms with van der Waals surface area (Å²) in [4.78, 5) is 4.80. The van der Waals surface area contributed by atoms with Crippen molar-refractivity contribution in [2.75, 3.05) is 41.4 Å². The average molecular weight is 609 g/mol. The second-order valence-corrected chi connectivity index (χ2v) is 12.4. The molecule has 4 aromatic carbocycles. The first kappa shape index (κ1) is 30.8. The van der Waals surface area contributed by atoms with Crippen LogP contribution in [0.3, 0.4) is 0 Å². The van der Waals surface area contributed by atoms with E-state index in [0.29, 0.717) is 11.5 Å². The molecule has 0 saturated heterocycles. The van der Waals surface area contributed by atoms with Gasteiger partial charge in [0.05, 0.1) is 14.2 Å². The molecule has 0 amide bonds. The lowest BCUT2D eigenvalue weighted by Gasteiger charge is -2.35. The van der Waals surface area contributed by atoms with Gasteiger partial charge in [-0.2, -0.15) is 0 Å². The zero-order valence-corrected chi connectivity index (χ0v) is 26.8. The SMILES string of the molecule is COc1cc2c(cc1O)[C@H](CCc1ccc(Oc3cc4c(cc3OC)CCN(C)[C@@H]4CCc3ccc(O)cc3)cc1)N(C)CC2. The van der Waals surface area contributed by atoms with Gasteiger partial charge < -0.3 is 24.4 Å². The Bertz CT molecular complexity index is 1620. The lowest BCUT2D eigenvalue weighted by atomic mass is 9.88. The van der Waals surface area contributed by atoms with Crippen LogP contribution in [0.5, 0.6) is 34.5 Å². The molecule has 2 heterocycles. The van der Waals surface area contributed by atoms with Crippen LogP contribution in [-0.2, 0) is 25.7 Å². The zero-order valence-electron chi connectivity index (χ0n) is 26.8. The molecule has 2 aliphatic heterocycles. The number of phenols is 2. The molecule has 7 heteroatoms. The number of likely N-dealkylation sites (N-methyl/N-ethyl adjacent to an activating group) is 2. The monoisotopic (exact) mass is 608 g/mol. The maximum atomic E-state index is 10.4. The molecule has 0 aromatic heterocycles. The largest absolute Gasteiger partial charge is 0.508 e. The Morgan fingerprint density at radius 2 is 1.16 bits per heavy atom.